The Morgan fingerprint density at radius 3 is 2.55 bits per heavy atom. The second kappa shape index (κ2) is 10.3. The van der Waals surface area contributed by atoms with Gasteiger partial charge in [0.05, 0.1) is 25.3 Å². The molecule has 0 unspecified atom stereocenters. The van der Waals surface area contributed by atoms with Crippen LogP contribution in [0, 0.1) is 0 Å². The first-order valence-electron chi connectivity index (χ1n) is 10.1. The van der Waals surface area contributed by atoms with Crippen LogP contribution in [-0.4, -0.2) is 34.6 Å². The lowest BCUT2D eigenvalue weighted by atomic mass is 10.1. The molecular formula is C23H25BrN2O5. The van der Waals surface area contributed by atoms with Crippen LogP contribution in [0.3, 0.4) is 0 Å². The number of ether oxygens (including phenoxy) is 2. The van der Waals surface area contributed by atoms with Crippen LogP contribution < -0.4 is 15.0 Å². The van der Waals surface area contributed by atoms with Gasteiger partial charge in [-0.15, -0.1) is 0 Å². The summed E-state index contributed by atoms with van der Waals surface area (Å²) in [4.78, 5) is 18.9. The molecule has 3 rings (SSSR count). The summed E-state index contributed by atoms with van der Waals surface area (Å²) in [5.74, 6) is 0.546. The van der Waals surface area contributed by atoms with Gasteiger partial charge in [-0.3, -0.25) is 14.8 Å². The van der Waals surface area contributed by atoms with Gasteiger partial charge in [0.1, 0.15) is 0 Å². The predicted molar refractivity (Wildman–Crippen MR) is 125 cm³/mol. The lowest BCUT2D eigenvalue weighted by molar-refractivity contribution is 0.257. The van der Waals surface area contributed by atoms with E-state index < -0.39 is 0 Å². The average Bonchev–Trinajstić information content (AvgIpc) is 2.73. The molecule has 0 atom stereocenters. The van der Waals surface area contributed by atoms with Crippen LogP contribution in [0.5, 0.6) is 23.1 Å². The van der Waals surface area contributed by atoms with Gasteiger partial charge in [-0.1, -0.05) is 29.8 Å². The number of hydrogen-bond donors (Lipinski definition) is 3. The third-order valence-electron chi connectivity index (χ3n) is 4.50. The van der Waals surface area contributed by atoms with Gasteiger partial charge in [-0.2, -0.15) is 0 Å². The first-order chi connectivity index (χ1) is 14.9. The zero-order valence-electron chi connectivity index (χ0n) is 17.4. The number of nitrogens with one attached hydrogen (secondary N) is 1. The van der Waals surface area contributed by atoms with Crippen molar-refractivity contribution < 1.29 is 19.7 Å². The Morgan fingerprint density at radius 1 is 1.06 bits per heavy atom. The van der Waals surface area contributed by atoms with E-state index in [0.29, 0.717) is 41.0 Å². The predicted octanol–water partition coefficient (Wildman–Crippen LogP) is 4.90. The van der Waals surface area contributed by atoms with Crippen molar-refractivity contribution in [3.63, 3.8) is 0 Å². The highest BCUT2D eigenvalue weighted by Crippen LogP contribution is 2.38. The van der Waals surface area contributed by atoms with Crippen molar-refractivity contribution in [2.75, 3.05) is 13.2 Å². The Kier molecular flexibility index (Phi) is 7.57. The number of phenolic OH excluding ortho intramolecular Hbond substituents is 1. The maximum atomic E-state index is 12.1. The minimum absolute atomic E-state index is 0.00600. The van der Waals surface area contributed by atoms with Gasteiger partial charge in [0.2, 0.25) is 11.6 Å². The minimum Gasteiger partial charge on any atom is -0.504 e. The van der Waals surface area contributed by atoms with Crippen molar-refractivity contribution in [1.29, 1.82) is 0 Å². The monoisotopic (exact) mass is 488 g/mol. The topological polar surface area (TPSA) is 104 Å². The normalized spacial score (nSPS) is 11.3. The van der Waals surface area contributed by atoms with E-state index in [9.17, 15) is 15.0 Å². The first-order valence-corrected chi connectivity index (χ1v) is 10.9. The van der Waals surface area contributed by atoms with Gasteiger partial charge in [0.15, 0.2) is 11.5 Å². The Balaban J connectivity index is 1.91. The molecule has 1 aromatic heterocycles. The minimum atomic E-state index is -0.373. The molecule has 164 valence electrons. The Bertz CT molecular complexity index is 1160. The third-order valence-corrected chi connectivity index (χ3v) is 5.00. The van der Waals surface area contributed by atoms with E-state index >= 15 is 0 Å². The fraction of sp³-hybridized carbons (Fsp3) is 0.304. The van der Waals surface area contributed by atoms with Gasteiger partial charge >= 0.3 is 0 Å². The highest BCUT2D eigenvalue weighted by Gasteiger charge is 2.14. The summed E-state index contributed by atoms with van der Waals surface area (Å²) in [6.45, 7) is 5.20. The number of aromatic amines is 1. The van der Waals surface area contributed by atoms with E-state index in [1.807, 2.05) is 13.8 Å². The molecule has 0 saturated heterocycles. The molecule has 1 heterocycles. The van der Waals surface area contributed by atoms with E-state index in [0.717, 1.165) is 22.9 Å². The molecule has 0 spiro atoms. The number of pyridine rings is 1. The molecule has 2 aromatic carbocycles. The molecule has 0 aliphatic rings. The van der Waals surface area contributed by atoms with Gasteiger partial charge < -0.3 is 19.7 Å². The zero-order chi connectivity index (χ0) is 22.4. The van der Waals surface area contributed by atoms with E-state index in [-0.39, 0.29) is 23.7 Å². The summed E-state index contributed by atoms with van der Waals surface area (Å²) < 4.78 is 12.2. The average molecular weight is 489 g/mol. The second-order valence-electron chi connectivity index (χ2n) is 7.02. The van der Waals surface area contributed by atoms with Gasteiger partial charge in [0, 0.05) is 21.5 Å². The number of benzene rings is 2. The Morgan fingerprint density at radius 2 is 1.81 bits per heavy atom. The molecule has 3 aromatic rings. The van der Waals surface area contributed by atoms with Gasteiger partial charge in [0.25, 0.3) is 5.56 Å². The number of nitrogens with zero attached hydrogens (tertiary/aromatic N) is 1. The molecule has 7 nitrogen and oxygen atoms in total. The number of halogens is 1. The fourth-order valence-corrected chi connectivity index (χ4v) is 3.44. The van der Waals surface area contributed by atoms with Crippen molar-refractivity contribution in [2.45, 2.75) is 33.2 Å². The lowest BCUT2D eigenvalue weighted by Crippen LogP contribution is -2.08. The molecule has 3 N–H and O–H groups in total. The molecular weight excluding hydrogens is 464 g/mol. The summed E-state index contributed by atoms with van der Waals surface area (Å²) in [6, 6.07) is 8.58. The third kappa shape index (κ3) is 5.38. The number of rotatable bonds is 9. The van der Waals surface area contributed by atoms with Crippen LogP contribution in [0.1, 0.15) is 37.8 Å². The van der Waals surface area contributed by atoms with Crippen LogP contribution in [0.2, 0.25) is 0 Å². The molecule has 8 heteroatoms. The highest BCUT2D eigenvalue weighted by atomic mass is 79.9. The summed E-state index contributed by atoms with van der Waals surface area (Å²) in [5.41, 5.74) is 0.756. The number of aromatic hydroxyl groups is 2. The van der Waals surface area contributed by atoms with E-state index in [1.54, 1.807) is 30.3 Å². The second-order valence-corrected chi connectivity index (χ2v) is 7.93. The maximum absolute atomic E-state index is 12.1. The molecule has 0 radical (unpaired) electrons. The van der Waals surface area contributed by atoms with E-state index in [2.05, 4.69) is 25.9 Å². The number of aliphatic imine (C=N–C) groups is 1. The van der Waals surface area contributed by atoms with Crippen molar-refractivity contribution in [2.24, 2.45) is 4.99 Å². The van der Waals surface area contributed by atoms with Crippen molar-refractivity contribution in [3.05, 3.63) is 56.3 Å². The molecule has 0 bridgehead atoms. The van der Waals surface area contributed by atoms with Crippen molar-refractivity contribution in [3.8, 4) is 23.1 Å². The van der Waals surface area contributed by atoms with Crippen molar-refractivity contribution in [1.82, 2.24) is 4.98 Å². The van der Waals surface area contributed by atoms with Crippen LogP contribution in [0.15, 0.2) is 44.6 Å². The SMILES string of the molecule is CCCOc1cc(CN=Cc2c(O)[nH]c(=O)c3ccc(Br)cc23)cc(O)c1OCCC. The quantitative estimate of drug-likeness (QED) is 0.371. The summed E-state index contributed by atoms with van der Waals surface area (Å²) in [6.07, 6.45) is 3.14. The maximum Gasteiger partial charge on any atom is 0.258 e. The first kappa shape index (κ1) is 22.7. The summed E-state index contributed by atoms with van der Waals surface area (Å²) >= 11 is 3.39. The number of H-pyrrole nitrogens is 1. The smallest absolute Gasteiger partial charge is 0.258 e. The summed E-state index contributed by atoms with van der Waals surface area (Å²) in [5, 5.41) is 21.7. The molecule has 0 aliphatic heterocycles. The number of hydrogen-bond acceptors (Lipinski definition) is 6. The largest absolute Gasteiger partial charge is 0.504 e. The molecule has 31 heavy (non-hydrogen) atoms. The van der Waals surface area contributed by atoms with Crippen molar-refractivity contribution >= 4 is 32.9 Å². The Labute approximate surface area is 188 Å². The van der Waals surface area contributed by atoms with E-state index in [1.165, 1.54) is 6.21 Å². The number of fused-ring (bicyclic) bond motifs is 1. The van der Waals surface area contributed by atoms with Gasteiger partial charge in [-0.25, -0.2) is 0 Å². The number of phenols is 1. The standard InChI is InChI=1S/C23H25BrN2O5/c1-3-7-30-20-10-14(9-19(27)21(20)31-8-4-2)12-25-13-18-17-11-15(24)5-6-16(17)22(28)26-23(18)29/h5-6,9-11,13,27H,3-4,7-8,12H2,1-2H3,(H2,26,28,29). The fourth-order valence-electron chi connectivity index (χ4n) is 3.08. The molecule has 0 saturated carbocycles. The molecule has 0 fully saturated rings. The van der Waals surface area contributed by atoms with Crippen LogP contribution in [0.4, 0.5) is 0 Å². The summed E-state index contributed by atoms with van der Waals surface area (Å²) in [7, 11) is 0. The van der Waals surface area contributed by atoms with Crippen LogP contribution in [-0.2, 0) is 6.54 Å². The number of aromatic nitrogens is 1. The van der Waals surface area contributed by atoms with Crippen LogP contribution in [0.25, 0.3) is 10.8 Å². The molecule has 0 amide bonds. The lowest BCUT2D eigenvalue weighted by Gasteiger charge is -2.15. The van der Waals surface area contributed by atoms with E-state index in [4.69, 9.17) is 9.47 Å². The Hall–Kier alpha value is -3.00. The van der Waals surface area contributed by atoms with Crippen LogP contribution >= 0.6 is 15.9 Å². The zero-order valence-corrected chi connectivity index (χ0v) is 19.0. The highest BCUT2D eigenvalue weighted by molar-refractivity contribution is 9.10. The van der Waals surface area contributed by atoms with Gasteiger partial charge in [-0.05, 0) is 48.7 Å². The molecule has 0 aliphatic carbocycles.